The number of piperidine rings is 1. The van der Waals surface area contributed by atoms with Crippen LogP contribution in [0.5, 0.6) is 0 Å². The quantitative estimate of drug-likeness (QED) is 0.511. The third kappa shape index (κ3) is 2.85. The number of nitrogens with zero attached hydrogens (tertiary/aromatic N) is 2. The number of hydrogen-bond donors (Lipinski definition) is 2. The molecule has 1 aliphatic heterocycles. The molecule has 1 aliphatic rings. The van der Waals surface area contributed by atoms with Crippen LogP contribution in [0.25, 0.3) is 0 Å². The summed E-state index contributed by atoms with van der Waals surface area (Å²) in [7, 11) is 0. The zero-order valence-electron chi connectivity index (χ0n) is 8.52. The smallest absolute Gasteiger partial charge is 0.343 e. The first kappa shape index (κ1) is 11.3. The molecule has 5 nitrogen and oxygen atoms in total. The molecule has 0 aromatic heterocycles. The number of urea groups is 1. The molecule has 5 heteroatoms. The Hall–Kier alpha value is -0.810. The molecule has 1 saturated heterocycles. The first-order chi connectivity index (χ1) is 6.65. The van der Waals surface area contributed by atoms with Gasteiger partial charge in [-0.2, -0.15) is 0 Å². The van der Waals surface area contributed by atoms with Crippen molar-refractivity contribution in [3.63, 3.8) is 0 Å². The van der Waals surface area contributed by atoms with Crippen molar-refractivity contribution in [1.82, 2.24) is 9.96 Å². The molecule has 2 amide bonds. The number of carbonyl (C=O) groups excluding carboxylic acids is 1. The minimum Gasteiger partial charge on any atom is -0.391 e. The van der Waals surface area contributed by atoms with Crippen molar-refractivity contribution in [1.29, 1.82) is 0 Å². The van der Waals surface area contributed by atoms with Crippen LogP contribution in [-0.4, -0.2) is 52.0 Å². The van der Waals surface area contributed by atoms with Crippen LogP contribution in [0.15, 0.2) is 0 Å². The number of likely N-dealkylation sites (tertiary alicyclic amines) is 1. The number of carbonyl (C=O) groups is 1. The van der Waals surface area contributed by atoms with Crippen LogP contribution in [-0.2, 0) is 0 Å². The van der Waals surface area contributed by atoms with Crippen molar-refractivity contribution in [2.24, 2.45) is 0 Å². The normalized spacial score (nSPS) is 22.2. The first-order valence-corrected chi connectivity index (χ1v) is 5.08. The average Bonchev–Trinajstić information content (AvgIpc) is 2.17. The monoisotopic (exact) mass is 202 g/mol. The van der Waals surface area contributed by atoms with Crippen molar-refractivity contribution in [2.45, 2.75) is 32.3 Å². The summed E-state index contributed by atoms with van der Waals surface area (Å²) in [6.45, 7) is 3.18. The van der Waals surface area contributed by atoms with Gasteiger partial charge in [0.15, 0.2) is 0 Å². The van der Waals surface area contributed by atoms with Gasteiger partial charge in [0, 0.05) is 19.6 Å². The third-order valence-corrected chi connectivity index (χ3v) is 2.32. The first-order valence-electron chi connectivity index (χ1n) is 5.08. The summed E-state index contributed by atoms with van der Waals surface area (Å²) in [4.78, 5) is 13.0. The van der Waals surface area contributed by atoms with Crippen molar-refractivity contribution in [3.05, 3.63) is 0 Å². The van der Waals surface area contributed by atoms with E-state index in [-0.39, 0.29) is 0 Å². The Labute approximate surface area is 83.9 Å². The summed E-state index contributed by atoms with van der Waals surface area (Å²) >= 11 is 0. The van der Waals surface area contributed by atoms with E-state index in [4.69, 9.17) is 0 Å². The van der Waals surface area contributed by atoms with Crippen LogP contribution in [0, 0.1) is 0 Å². The minimum absolute atomic E-state index is 0.333. The maximum Gasteiger partial charge on any atom is 0.343 e. The fourth-order valence-electron chi connectivity index (χ4n) is 1.60. The van der Waals surface area contributed by atoms with Gasteiger partial charge in [-0.15, -0.1) is 0 Å². The highest BCUT2D eigenvalue weighted by atomic mass is 16.5. The number of rotatable bonds is 2. The highest BCUT2D eigenvalue weighted by Gasteiger charge is 2.24. The van der Waals surface area contributed by atoms with Gasteiger partial charge >= 0.3 is 6.03 Å². The van der Waals surface area contributed by atoms with Crippen molar-refractivity contribution in [2.75, 3.05) is 19.6 Å². The van der Waals surface area contributed by atoms with Gasteiger partial charge in [-0.1, -0.05) is 6.92 Å². The van der Waals surface area contributed by atoms with Gasteiger partial charge in [-0.05, 0) is 19.3 Å². The number of hydrogen-bond acceptors (Lipinski definition) is 3. The van der Waals surface area contributed by atoms with Crippen molar-refractivity contribution < 1.29 is 15.1 Å². The molecule has 1 fully saturated rings. The topological polar surface area (TPSA) is 64.0 Å². The molecule has 0 aromatic carbocycles. The fraction of sp³-hybridized carbons (Fsp3) is 0.889. The van der Waals surface area contributed by atoms with E-state index in [1.54, 1.807) is 0 Å². The SMILES string of the molecule is CCCN(O)C(=O)N1CCCC(O)C1. The molecule has 1 unspecified atom stereocenters. The molecular formula is C9H18N2O3. The zero-order valence-corrected chi connectivity index (χ0v) is 8.52. The number of amides is 2. The fourth-order valence-corrected chi connectivity index (χ4v) is 1.60. The predicted molar refractivity (Wildman–Crippen MR) is 51.0 cm³/mol. The van der Waals surface area contributed by atoms with Crippen molar-refractivity contribution >= 4 is 6.03 Å². The van der Waals surface area contributed by atoms with E-state index in [0.717, 1.165) is 24.3 Å². The largest absolute Gasteiger partial charge is 0.391 e. The van der Waals surface area contributed by atoms with Crippen molar-refractivity contribution in [3.8, 4) is 0 Å². The van der Waals surface area contributed by atoms with Gasteiger partial charge in [0.05, 0.1) is 6.10 Å². The Morgan fingerprint density at radius 3 is 2.93 bits per heavy atom. The van der Waals surface area contributed by atoms with Crippen LogP contribution in [0.1, 0.15) is 26.2 Å². The van der Waals surface area contributed by atoms with Gasteiger partial charge in [-0.25, -0.2) is 9.86 Å². The van der Waals surface area contributed by atoms with Gasteiger partial charge < -0.3 is 10.0 Å². The lowest BCUT2D eigenvalue weighted by molar-refractivity contribution is -0.0625. The molecule has 1 heterocycles. The van der Waals surface area contributed by atoms with Crippen LogP contribution in [0.2, 0.25) is 0 Å². The predicted octanol–water partition coefficient (Wildman–Crippen LogP) is 0.664. The molecular weight excluding hydrogens is 184 g/mol. The molecule has 1 rings (SSSR count). The number of aliphatic hydroxyl groups excluding tert-OH is 1. The Kier molecular flexibility index (Phi) is 4.16. The molecule has 14 heavy (non-hydrogen) atoms. The number of β-amino-alcohol motifs (C(OH)–C–C–N with tert-alkyl or cyclic N) is 1. The highest BCUT2D eigenvalue weighted by Crippen LogP contribution is 2.11. The summed E-state index contributed by atoms with van der Waals surface area (Å²) < 4.78 is 0. The lowest BCUT2D eigenvalue weighted by Crippen LogP contribution is -2.48. The van der Waals surface area contributed by atoms with E-state index in [9.17, 15) is 15.1 Å². The van der Waals surface area contributed by atoms with E-state index >= 15 is 0 Å². The van der Waals surface area contributed by atoms with Gasteiger partial charge in [-0.3, -0.25) is 5.21 Å². The van der Waals surface area contributed by atoms with Crippen LogP contribution < -0.4 is 0 Å². The van der Waals surface area contributed by atoms with E-state index in [1.807, 2.05) is 6.92 Å². The molecule has 1 atom stereocenters. The van der Waals surface area contributed by atoms with Crippen LogP contribution >= 0.6 is 0 Å². The number of hydroxylamine groups is 2. The Bertz CT molecular complexity index is 198. The summed E-state index contributed by atoms with van der Waals surface area (Å²) in [6.07, 6.45) is 1.82. The second-order valence-corrected chi connectivity index (χ2v) is 3.65. The zero-order chi connectivity index (χ0) is 10.6. The summed E-state index contributed by atoms with van der Waals surface area (Å²) in [5.41, 5.74) is 0. The maximum absolute atomic E-state index is 11.5. The molecule has 0 aliphatic carbocycles. The lowest BCUT2D eigenvalue weighted by atomic mass is 10.1. The molecule has 0 bridgehead atoms. The van der Waals surface area contributed by atoms with E-state index < -0.39 is 12.1 Å². The Morgan fingerprint density at radius 2 is 2.36 bits per heavy atom. The summed E-state index contributed by atoms with van der Waals surface area (Å²) in [5, 5.41) is 19.4. The summed E-state index contributed by atoms with van der Waals surface area (Å²) in [5.74, 6) is 0. The molecule has 0 spiro atoms. The van der Waals surface area contributed by atoms with E-state index in [0.29, 0.717) is 19.6 Å². The third-order valence-electron chi connectivity index (χ3n) is 2.32. The summed E-state index contributed by atoms with van der Waals surface area (Å²) in [6, 6.07) is -0.398. The Morgan fingerprint density at radius 1 is 1.64 bits per heavy atom. The Balaban J connectivity index is 2.42. The molecule has 0 radical (unpaired) electrons. The van der Waals surface area contributed by atoms with Gasteiger partial charge in [0.1, 0.15) is 0 Å². The average molecular weight is 202 g/mol. The van der Waals surface area contributed by atoms with E-state index in [2.05, 4.69) is 0 Å². The van der Waals surface area contributed by atoms with Crippen LogP contribution in [0.3, 0.4) is 0 Å². The standard InChI is InChI=1S/C9H18N2O3/c1-2-5-11(14)9(13)10-6-3-4-8(12)7-10/h8,12,14H,2-7H2,1H3. The minimum atomic E-state index is -0.442. The molecule has 2 N–H and O–H groups in total. The van der Waals surface area contributed by atoms with Gasteiger partial charge in [0.25, 0.3) is 0 Å². The second-order valence-electron chi connectivity index (χ2n) is 3.65. The van der Waals surface area contributed by atoms with Crippen LogP contribution in [0.4, 0.5) is 4.79 Å². The molecule has 0 saturated carbocycles. The highest BCUT2D eigenvalue weighted by molar-refractivity contribution is 5.73. The van der Waals surface area contributed by atoms with E-state index in [1.165, 1.54) is 4.90 Å². The maximum atomic E-state index is 11.5. The second kappa shape index (κ2) is 5.17. The molecule has 82 valence electrons. The molecule has 0 aromatic rings. The number of aliphatic hydroxyl groups is 1. The lowest BCUT2D eigenvalue weighted by Gasteiger charge is -2.32. The van der Waals surface area contributed by atoms with Gasteiger partial charge in [0.2, 0.25) is 0 Å².